The number of nitrogens with zero attached hydrogens (tertiary/aromatic N) is 4. The molecule has 0 N–H and O–H groups in total. The van der Waals surface area contributed by atoms with E-state index in [4.69, 9.17) is 9.47 Å². The maximum atomic E-state index is 6.12. The van der Waals surface area contributed by atoms with Crippen molar-refractivity contribution in [3.05, 3.63) is 34.8 Å². The number of fused-ring (bicyclic) bond motifs is 1. The summed E-state index contributed by atoms with van der Waals surface area (Å²) >= 11 is 1.65. The van der Waals surface area contributed by atoms with Crippen LogP contribution < -0.4 is 0 Å². The molecule has 24 heavy (non-hydrogen) atoms. The molecule has 0 amide bonds. The molecule has 0 bridgehead atoms. The molecule has 2 aromatic rings. The lowest BCUT2D eigenvalue weighted by Gasteiger charge is -2.39. The average molecular weight is 348 g/mol. The summed E-state index contributed by atoms with van der Waals surface area (Å²) in [6, 6.07) is 0.502. The van der Waals surface area contributed by atoms with Crippen LogP contribution >= 0.6 is 11.3 Å². The molecule has 7 heteroatoms. The standard InChI is InChI=1S/C17H24N4O2S/c1-20-12-18-8-14(20)9-21-5-6-23-17-13(2-3-15(17)21)10-22-11-16-19-4-7-24-16/h4,7-8,12-13,15,17H,2-3,5-6,9-11H2,1H3. The Balaban J connectivity index is 1.33. The van der Waals surface area contributed by atoms with Crippen LogP contribution in [0, 0.1) is 5.92 Å². The summed E-state index contributed by atoms with van der Waals surface area (Å²) in [6.45, 7) is 4.14. The SMILES string of the molecule is Cn1cncc1CN1CCOC2C(COCc3nccs3)CCC21. The predicted molar refractivity (Wildman–Crippen MR) is 91.6 cm³/mol. The zero-order chi connectivity index (χ0) is 16.4. The molecule has 0 radical (unpaired) electrons. The van der Waals surface area contributed by atoms with E-state index < -0.39 is 0 Å². The van der Waals surface area contributed by atoms with Gasteiger partial charge in [0.25, 0.3) is 0 Å². The second-order valence-corrected chi connectivity index (χ2v) is 7.63. The van der Waals surface area contributed by atoms with E-state index in [-0.39, 0.29) is 0 Å². The molecular formula is C17H24N4O2S. The highest BCUT2D eigenvalue weighted by molar-refractivity contribution is 7.09. The number of morpholine rings is 1. The van der Waals surface area contributed by atoms with Gasteiger partial charge in [0.1, 0.15) is 5.01 Å². The maximum Gasteiger partial charge on any atom is 0.118 e. The van der Waals surface area contributed by atoms with Crippen molar-refractivity contribution >= 4 is 11.3 Å². The molecule has 3 heterocycles. The summed E-state index contributed by atoms with van der Waals surface area (Å²) in [4.78, 5) is 11.1. The second-order valence-electron chi connectivity index (χ2n) is 6.65. The first-order chi connectivity index (χ1) is 11.8. The molecule has 2 aliphatic rings. The molecule has 1 aliphatic carbocycles. The molecule has 1 aliphatic heterocycles. The van der Waals surface area contributed by atoms with Crippen LogP contribution in [0.3, 0.4) is 0 Å². The van der Waals surface area contributed by atoms with Crippen LogP contribution in [0.5, 0.6) is 0 Å². The van der Waals surface area contributed by atoms with Crippen molar-refractivity contribution in [3.8, 4) is 0 Å². The minimum atomic E-state index is 0.295. The Labute approximate surface area is 146 Å². The molecule has 0 aromatic carbocycles. The van der Waals surface area contributed by atoms with Gasteiger partial charge >= 0.3 is 0 Å². The molecule has 1 saturated carbocycles. The largest absolute Gasteiger partial charge is 0.375 e. The highest BCUT2D eigenvalue weighted by Gasteiger charge is 2.42. The van der Waals surface area contributed by atoms with E-state index in [1.807, 2.05) is 24.1 Å². The van der Waals surface area contributed by atoms with Crippen LogP contribution in [-0.2, 0) is 29.7 Å². The lowest BCUT2D eigenvalue weighted by atomic mass is 10.0. The van der Waals surface area contributed by atoms with Crippen molar-refractivity contribution in [3.63, 3.8) is 0 Å². The molecule has 2 fully saturated rings. The fourth-order valence-electron chi connectivity index (χ4n) is 3.88. The van der Waals surface area contributed by atoms with Crippen LogP contribution in [0.15, 0.2) is 24.1 Å². The van der Waals surface area contributed by atoms with Crippen LogP contribution in [0.2, 0.25) is 0 Å². The normalized spacial score (nSPS) is 27.5. The third-order valence-electron chi connectivity index (χ3n) is 5.16. The van der Waals surface area contributed by atoms with Crippen LogP contribution in [-0.4, -0.2) is 51.3 Å². The van der Waals surface area contributed by atoms with E-state index in [1.165, 1.54) is 18.5 Å². The summed E-state index contributed by atoms with van der Waals surface area (Å²) < 4.78 is 14.1. The van der Waals surface area contributed by atoms with Gasteiger partial charge in [0.2, 0.25) is 0 Å². The number of aryl methyl sites for hydroxylation is 1. The summed E-state index contributed by atoms with van der Waals surface area (Å²) in [5.74, 6) is 0.490. The Morgan fingerprint density at radius 3 is 3.17 bits per heavy atom. The quantitative estimate of drug-likeness (QED) is 0.800. The Morgan fingerprint density at radius 1 is 1.42 bits per heavy atom. The molecule has 1 saturated heterocycles. The summed E-state index contributed by atoms with van der Waals surface area (Å²) in [5, 5.41) is 3.04. The number of hydrogen-bond acceptors (Lipinski definition) is 6. The van der Waals surface area contributed by atoms with Gasteiger partial charge in [-0.25, -0.2) is 9.97 Å². The third kappa shape index (κ3) is 3.39. The minimum absolute atomic E-state index is 0.295. The molecule has 0 spiro atoms. The first-order valence-corrected chi connectivity index (χ1v) is 9.46. The van der Waals surface area contributed by atoms with Crippen molar-refractivity contribution in [1.82, 2.24) is 19.4 Å². The predicted octanol–water partition coefficient (Wildman–Crippen LogP) is 2.07. The molecule has 2 aromatic heterocycles. The van der Waals surface area contributed by atoms with Gasteiger partial charge in [-0.3, -0.25) is 4.90 Å². The average Bonchev–Trinajstić information content (AvgIpc) is 3.31. The van der Waals surface area contributed by atoms with Gasteiger partial charge in [0.05, 0.1) is 37.9 Å². The zero-order valence-corrected chi connectivity index (χ0v) is 14.8. The lowest BCUT2D eigenvalue weighted by molar-refractivity contribution is -0.0895. The number of rotatable bonds is 6. The van der Waals surface area contributed by atoms with Crippen LogP contribution in [0.25, 0.3) is 0 Å². The third-order valence-corrected chi connectivity index (χ3v) is 5.91. The Kier molecular flexibility index (Phi) is 4.93. The number of imidazole rings is 1. The fraction of sp³-hybridized carbons (Fsp3) is 0.647. The summed E-state index contributed by atoms with van der Waals surface area (Å²) in [7, 11) is 2.06. The summed E-state index contributed by atoms with van der Waals surface area (Å²) in [5.41, 5.74) is 1.26. The van der Waals surface area contributed by atoms with E-state index in [0.29, 0.717) is 24.7 Å². The van der Waals surface area contributed by atoms with Crippen molar-refractivity contribution in [2.24, 2.45) is 13.0 Å². The van der Waals surface area contributed by atoms with E-state index in [2.05, 4.69) is 26.5 Å². The number of hydrogen-bond donors (Lipinski definition) is 0. The van der Waals surface area contributed by atoms with E-state index >= 15 is 0 Å². The topological polar surface area (TPSA) is 52.4 Å². The van der Waals surface area contributed by atoms with Gasteiger partial charge in [-0.2, -0.15) is 0 Å². The molecule has 6 nitrogen and oxygen atoms in total. The van der Waals surface area contributed by atoms with E-state index in [9.17, 15) is 0 Å². The van der Waals surface area contributed by atoms with E-state index in [0.717, 1.165) is 31.3 Å². The first-order valence-electron chi connectivity index (χ1n) is 8.58. The van der Waals surface area contributed by atoms with Gasteiger partial charge in [-0.1, -0.05) is 0 Å². The Hall–Kier alpha value is -1.28. The second kappa shape index (κ2) is 7.31. The first kappa shape index (κ1) is 16.2. The van der Waals surface area contributed by atoms with Gasteiger partial charge in [-0.05, 0) is 12.8 Å². The molecule has 3 unspecified atom stereocenters. The van der Waals surface area contributed by atoms with Crippen molar-refractivity contribution in [2.75, 3.05) is 19.8 Å². The Bertz CT molecular complexity index is 645. The van der Waals surface area contributed by atoms with Gasteiger partial charge in [-0.15, -0.1) is 11.3 Å². The van der Waals surface area contributed by atoms with Crippen molar-refractivity contribution in [2.45, 2.75) is 38.1 Å². The summed E-state index contributed by atoms with van der Waals surface area (Å²) in [6.07, 6.45) is 8.33. The number of thiazole rings is 1. The monoisotopic (exact) mass is 348 g/mol. The van der Waals surface area contributed by atoms with Gasteiger partial charge in [0, 0.05) is 49.9 Å². The van der Waals surface area contributed by atoms with Crippen molar-refractivity contribution in [1.29, 1.82) is 0 Å². The minimum Gasteiger partial charge on any atom is -0.375 e. The van der Waals surface area contributed by atoms with Crippen LogP contribution in [0.1, 0.15) is 23.5 Å². The van der Waals surface area contributed by atoms with E-state index in [1.54, 1.807) is 11.3 Å². The number of ether oxygens (including phenoxy) is 2. The van der Waals surface area contributed by atoms with Gasteiger partial charge in [0.15, 0.2) is 0 Å². The molecule has 3 atom stereocenters. The fourth-order valence-corrected chi connectivity index (χ4v) is 4.43. The molecule has 130 valence electrons. The highest BCUT2D eigenvalue weighted by Crippen LogP contribution is 2.35. The van der Waals surface area contributed by atoms with Crippen LogP contribution in [0.4, 0.5) is 0 Å². The van der Waals surface area contributed by atoms with Gasteiger partial charge < -0.3 is 14.0 Å². The maximum absolute atomic E-state index is 6.12. The lowest BCUT2D eigenvalue weighted by Crippen LogP contribution is -2.50. The van der Waals surface area contributed by atoms with Crippen molar-refractivity contribution < 1.29 is 9.47 Å². The molecular weight excluding hydrogens is 324 g/mol. The highest BCUT2D eigenvalue weighted by atomic mass is 32.1. The number of aromatic nitrogens is 3. The molecule has 4 rings (SSSR count). The zero-order valence-electron chi connectivity index (χ0n) is 14.0. The Morgan fingerprint density at radius 2 is 2.38 bits per heavy atom. The smallest absolute Gasteiger partial charge is 0.118 e.